The summed E-state index contributed by atoms with van der Waals surface area (Å²) in [6.45, 7) is 15.5. The Labute approximate surface area is 359 Å². The van der Waals surface area contributed by atoms with E-state index in [0.717, 1.165) is 80.9 Å². The molecular formula is C51H71N2O7+. The van der Waals surface area contributed by atoms with Crippen molar-refractivity contribution in [2.75, 3.05) is 47.0 Å². The van der Waals surface area contributed by atoms with Crippen LogP contribution in [0.5, 0.6) is 11.5 Å². The minimum absolute atomic E-state index is 0.0482. The largest absolute Gasteiger partial charge is 0.497 e. The third kappa shape index (κ3) is 7.61. The number of carbonyl (C=O) groups is 2. The molecule has 0 radical (unpaired) electrons. The Kier molecular flexibility index (Phi) is 11.4. The highest BCUT2D eigenvalue weighted by molar-refractivity contribution is 5.81. The molecule has 7 aliphatic rings. The number of fused-ring (bicyclic) bond motifs is 7. The van der Waals surface area contributed by atoms with Crippen molar-refractivity contribution in [1.82, 2.24) is 4.90 Å². The highest BCUT2D eigenvalue weighted by Gasteiger charge is 2.68. The van der Waals surface area contributed by atoms with Gasteiger partial charge in [-0.3, -0.25) is 9.59 Å². The van der Waals surface area contributed by atoms with E-state index in [9.17, 15) is 9.59 Å². The second-order valence-corrected chi connectivity index (χ2v) is 20.8. The molecule has 60 heavy (non-hydrogen) atoms. The van der Waals surface area contributed by atoms with E-state index in [0.29, 0.717) is 60.1 Å². The normalized spacial score (nSPS) is 37.9. The molecule has 0 aromatic heterocycles. The van der Waals surface area contributed by atoms with Crippen LogP contribution in [-0.4, -0.2) is 86.3 Å². The SMILES string of the molecule is COc1ccc(C[N+]2(Cc3ccc(OC)cc3)CCN(C(=O)CCC(=O)O[C@H]3CC[C@@]4(C)C(=CC[C@H]5[C@@H]6C[C@@H]7O[C@]8(CC[C@@H](C)CO8)[C@@H](C)[C@@H]7[C@@]6(C)CC[C@@H]54)C3)CC2)cc1. The molecule has 3 saturated heterocycles. The predicted octanol–water partition coefficient (Wildman–Crippen LogP) is 9.12. The lowest BCUT2D eigenvalue weighted by Gasteiger charge is -2.58. The maximum Gasteiger partial charge on any atom is 0.306 e. The van der Waals surface area contributed by atoms with E-state index in [1.807, 2.05) is 29.2 Å². The number of amides is 1. The molecule has 11 atom stereocenters. The number of rotatable bonds is 10. The molecule has 9 heteroatoms. The molecule has 3 saturated carbocycles. The highest BCUT2D eigenvalue weighted by atomic mass is 16.7. The monoisotopic (exact) mass is 824 g/mol. The molecule has 9 rings (SSSR count). The summed E-state index contributed by atoms with van der Waals surface area (Å²) in [6.07, 6.45) is 13.0. The molecule has 0 N–H and O–H groups in total. The highest BCUT2D eigenvalue weighted by Crippen LogP contribution is 2.70. The van der Waals surface area contributed by atoms with Crippen molar-refractivity contribution in [1.29, 1.82) is 0 Å². The molecule has 4 aliphatic carbocycles. The molecule has 1 spiro atoms. The van der Waals surface area contributed by atoms with Gasteiger partial charge in [-0.15, -0.1) is 0 Å². The standard InChI is InChI=1S/C51H71N2O7/c1-34-19-24-51(58-33-34)35(2)48-45(60-51)30-44-42-16-11-38-29-41(20-22-49(38,3)43(42)21-23-50(44,48)4)59-47(55)18-17-46(54)52-25-27-53(28-26-52,31-36-7-12-39(56-5)13-8-36)32-37-9-14-40(57-6)15-10-37/h7-15,34-35,41-45,48H,16-33H2,1-6H3/q+1/t34-,35+,41+,42-,43+,44+,45+,48+,49+,50+,51-/m1/s1. The molecule has 3 aliphatic heterocycles. The van der Waals surface area contributed by atoms with Crippen LogP contribution in [0.1, 0.15) is 109 Å². The van der Waals surface area contributed by atoms with Gasteiger partial charge in [0.1, 0.15) is 30.7 Å². The minimum atomic E-state index is -0.362. The van der Waals surface area contributed by atoms with Gasteiger partial charge in [-0.25, -0.2) is 0 Å². The fourth-order valence-corrected chi connectivity index (χ4v) is 14.1. The lowest BCUT2D eigenvalue weighted by molar-refractivity contribution is -0.956. The van der Waals surface area contributed by atoms with E-state index < -0.39 is 0 Å². The molecule has 3 heterocycles. The van der Waals surface area contributed by atoms with Gasteiger partial charge in [0.25, 0.3) is 0 Å². The molecule has 6 fully saturated rings. The van der Waals surface area contributed by atoms with Crippen LogP contribution in [-0.2, 0) is 36.9 Å². The lowest BCUT2D eigenvalue weighted by atomic mass is 9.47. The van der Waals surface area contributed by atoms with Crippen molar-refractivity contribution in [3.8, 4) is 11.5 Å². The molecule has 9 nitrogen and oxygen atoms in total. The number of nitrogens with zero attached hydrogens (tertiary/aromatic N) is 2. The third-order valence-corrected chi connectivity index (χ3v) is 17.6. The summed E-state index contributed by atoms with van der Waals surface area (Å²) in [6, 6.07) is 16.7. The Hall–Kier alpha value is -3.40. The number of esters is 1. The number of methoxy groups -OCH3 is 2. The number of allylic oxidation sites excluding steroid dienone is 1. The Morgan fingerprint density at radius 1 is 0.833 bits per heavy atom. The van der Waals surface area contributed by atoms with Gasteiger partial charge in [0.2, 0.25) is 5.91 Å². The van der Waals surface area contributed by atoms with Crippen molar-refractivity contribution in [2.45, 2.75) is 129 Å². The fraction of sp³-hybridized carbons (Fsp3) is 0.686. The van der Waals surface area contributed by atoms with E-state index in [1.165, 1.54) is 42.4 Å². The fourth-order valence-electron chi connectivity index (χ4n) is 14.1. The summed E-state index contributed by atoms with van der Waals surface area (Å²) >= 11 is 0. The Morgan fingerprint density at radius 2 is 1.50 bits per heavy atom. The van der Waals surface area contributed by atoms with E-state index in [4.69, 9.17) is 23.7 Å². The van der Waals surface area contributed by atoms with E-state index in [-0.39, 0.29) is 42.0 Å². The van der Waals surface area contributed by atoms with Crippen molar-refractivity contribution < 1.29 is 37.8 Å². The topological polar surface area (TPSA) is 83.5 Å². The lowest BCUT2D eigenvalue weighted by Crippen LogP contribution is -2.59. The summed E-state index contributed by atoms with van der Waals surface area (Å²) < 4.78 is 31.4. The number of hydrogen-bond acceptors (Lipinski definition) is 7. The van der Waals surface area contributed by atoms with Crippen LogP contribution >= 0.6 is 0 Å². The van der Waals surface area contributed by atoms with E-state index >= 15 is 0 Å². The second kappa shape index (κ2) is 16.4. The van der Waals surface area contributed by atoms with Gasteiger partial charge in [0.15, 0.2) is 5.79 Å². The number of benzene rings is 2. The van der Waals surface area contributed by atoms with Gasteiger partial charge >= 0.3 is 5.97 Å². The smallest absolute Gasteiger partial charge is 0.306 e. The van der Waals surface area contributed by atoms with Gasteiger partial charge in [-0.2, -0.15) is 0 Å². The molecule has 1 amide bonds. The zero-order valence-corrected chi connectivity index (χ0v) is 37.3. The Bertz CT molecular complexity index is 1840. The number of ether oxygens (including phenoxy) is 5. The van der Waals surface area contributed by atoms with Gasteiger partial charge in [-0.1, -0.05) is 39.3 Å². The summed E-state index contributed by atoms with van der Waals surface area (Å²) in [5.41, 5.74) is 4.48. The van der Waals surface area contributed by atoms with Gasteiger partial charge < -0.3 is 33.1 Å². The Morgan fingerprint density at radius 3 is 2.12 bits per heavy atom. The first-order valence-corrected chi connectivity index (χ1v) is 23.5. The maximum absolute atomic E-state index is 13.6. The van der Waals surface area contributed by atoms with Crippen molar-refractivity contribution in [2.24, 2.45) is 46.3 Å². The van der Waals surface area contributed by atoms with Gasteiger partial charge in [0, 0.05) is 36.3 Å². The van der Waals surface area contributed by atoms with Crippen molar-refractivity contribution >= 4 is 11.9 Å². The first kappa shape index (κ1) is 41.9. The first-order chi connectivity index (χ1) is 28.9. The van der Waals surface area contributed by atoms with Crippen LogP contribution in [0.2, 0.25) is 0 Å². The number of quaternary nitrogens is 1. The van der Waals surface area contributed by atoms with Crippen molar-refractivity contribution in [3.05, 3.63) is 71.3 Å². The van der Waals surface area contributed by atoms with E-state index in [2.05, 4.69) is 58.0 Å². The molecular weight excluding hydrogens is 753 g/mol. The average Bonchev–Trinajstić information content (AvgIpc) is 3.70. The third-order valence-electron chi connectivity index (χ3n) is 17.6. The van der Waals surface area contributed by atoms with Crippen LogP contribution in [0.25, 0.3) is 0 Å². The molecule has 0 bridgehead atoms. The van der Waals surface area contributed by atoms with Crippen LogP contribution in [0.3, 0.4) is 0 Å². The van der Waals surface area contributed by atoms with Crippen molar-refractivity contribution in [3.63, 3.8) is 0 Å². The number of hydrogen-bond donors (Lipinski definition) is 0. The minimum Gasteiger partial charge on any atom is -0.497 e. The summed E-state index contributed by atoms with van der Waals surface area (Å²) in [4.78, 5) is 28.8. The van der Waals surface area contributed by atoms with Crippen LogP contribution in [0, 0.1) is 46.3 Å². The average molecular weight is 824 g/mol. The predicted molar refractivity (Wildman–Crippen MR) is 231 cm³/mol. The molecule has 326 valence electrons. The maximum atomic E-state index is 13.6. The quantitative estimate of drug-likeness (QED) is 0.134. The van der Waals surface area contributed by atoms with Gasteiger partial charge in [-0.05, 0) is 134 Å². The molecule has 2 aromatic carbocycles. The van der Waals surface area contributed by atoms with Crippen LogP contribution in [0.4, 0.5) is 0 Å². The van der Waals surface area contributed by atoms with Gasteiger partial charge in [0.05, 0.1) is 59.5 Å². The van der Waals surface area contributed by atoms with Crippen LogP contribution in [0.15, 0.2) is 60.2 Å². The zero-order valence-electron chi connectivity index (χ0n) is 37.3. The summed E-state index contributed by atoms with van der Waals surface area (Å²) in [5, 5.41) is 0. The van der Waals surface area contributed by atoms with Crippen LogP contribution < -0.4 is 9.47 Å². The zero-order chi connectivity index (χ0) is 41.9. The summed E-state index contributed by atoms with van der Waals surface area (Å²) in [7, 11) is 3.38. The second-order valence-electron chi connectivity index (χ2n) is 20.8. The first-order valence-electron chi connectivity index (χ1n) is 23.5. The molecule has 2 aromatic rings. The molecule has 0 unspecified atom stereocenters. The number of carbonyl (C=O) groups excluding carboxylic acids is 2. The summed E-state index contributed by atoms with van der Waals surface area (Å²) in [5.74, 6) is 4.85. The number of piperazine rings is 1. The van der Waals surface area contributed by atoms with E-state index in [1.54, 1.807) is 14.2 Å². The Balaban J connectivity index is 0.773.